The quantitative estimate of drug-likeness (QED) is 0.0161. The molecule has 1 aromatic heterocycles. The number of aliphatic carboxylic acids is 1. The Morgan fingerprint density at radius 2 is 1.41 bits per heavy atom. The molecule has 1 fully saturated rings. The van der Waals surface area contributed by atoms with Gasteiger partial charge < -0.3 is 51.4 Å². The standard InChI is InChI=1S/C69H100N10O14S/c1-11-45(6)61(67(88)77(10)55(43(2)3)40-56(93-48(9)80)66-74-53(42-94-66)63(85)73-52(38-46(7)68(89)90)39-49-24-16-14-17-25-49)76-64(86)54-26-19-23-36-78(54)35-21-13-12-20-34-70-69(91)92-41-50-28-30-51(31-29-50)72-62(84)47(8)71-65(87)60(44(4)5)75-57(81)27-18-15-22-37-79-58(82)32-33-59(79)83/h14,16-17,24-25,28-33,42-47,52,54-56,60-61H,11-13,15,18-23,26-27,34-41H2,1-10H3,(H,70,91)(H,71,87)(H,72,84)(H,73,85)(H,75,81)(H,76,86)(H,89,90). The summed E-state index contributed by atoms with van der Waals surface area (Å²) in [7, 11) is 1.70. The fourth-order valence-corrected chi connectivity index (χ4v) is 12.3. The van der Waals surface area contributed by atoms with Gasteiger partial charge in [0.1, 0.15) is 35.4 Å². The highest BCUT2D eigenvalue weighted by atomic mass is 32.1. The van der Waals surface area contributed by atoms with Gasteiger partial charge in [0.25, 0.3) is 17.7 Å². The zero-order valence-corrected chi connectivity index (χ0v) is 57.2. The number of aromatic nitrogens is 1. The van der Waals surface area contributed by atoms with Crippen LogP contribution in [0.15, 0.2) is 72.1 Å². The molecule has 24 nitrogen and oxygen atoms in total. The minimum atomic E-state index is -0.970. The summed E-state index contributed by atoms with van der Waals surface area (Å²) in [6, 6.07) is 12.2. The molecule has 9 atom stereocenters. The van der Waals surface area contributed by atoms with Crippen LogP contribution < -0.4 is 31.9 Å². The smallest absolute Gasteiger partial charge is 0.407 e. The molecule has 0 spiro atoms. The molecule has 0 radical (unpaired) electrons. The Hall–Kier alpha value is -8.06. The van der Waals surface area contributed by atoms with Crippen molar-refractivity contribution in [3.8, 4) is 0 Å². The summed E-state index contributed by atoms with van der Waals surface area (Å²) in [5.74, 6) is -5.81. The van der Waals surface area contributed by atoms with E-state index in [9.17, 15) is 57.8 Å². The number of carboxylic acid groups (broad SMARTS) is 1. The minimum Gasteiger partial charge on any atom is -0.481 e. The molecule has 2 aromatic carbocycles. The van der Waals surface area contributed by atoms with Crippen LogP contribution in [0.4, 0.5) is 10.5 Å². The number of carbonyl (C=O) groups excluding carboxylic acids is 10. The van der Waals surface area contributed by atoms with Crippen molar-refractivity contribution in [3.05, 3.63) is 94.0 Å². The first-order chi connectivity index (χ1) is 44.8. The molecule has 9 amide bonds. The lowest BCUT2D eigenvalue weighted by Crippen LogP contribution is -2.58. The topological polar surface area (TPSA) is 321 Å². The van der Waals surface area contributed by atoms with Gasteiger partial charge in [0.2, 0.25) is 29.5 Å². The molecule has 3 aromatic rings. The second-order valence-electron chi connectivity index (χ2n) is 25.5. The second kappa shape index (κ2) is 39.0. The van der Waals surface area contributed by atoms with Crippen LogP contribution in [0, 0.1) is 23.7 Å². The largest absolute Gasteiger partial charge is 0.481 e. The predicted molar refractivity (Wildman–Crippen MR) is 356 cm³/mol. The van der Waals surface area contributed by atoms with Crippen molar-refractivity contribution in [1.82, 2.24) is 46.3 Å². The fourth-order valence-electron chi connectivity index (χ4n) is 11.4. The second-order valence-corrected chi connectivity index (χ2v) is 26.4. The molecule has 25 heteroatoms. The third-order valence-electron chi connectivity index (χ3n) is 17.3. The van der Waals surface area contributed by atoms with Crippen molar-refractivity contribution in [1.29, 1.82) is 0 Å². The van der Waals surface area contributed by atoms with Gasteiger partial charge in [-0.05, 0) is 112 Å². The van der Waals surface area contributed by atoms with Gasteiger partial charge in [0.15, 0.2) is 6.10 Å². The monoisotopic (exact) mass is 1320 g/mol. The number of nitrogens with zero attached hydrogens (tertiary/aromatic N) is 4. The number of likely N-dealkylation sites (N-methyl/N-ethyl adjacent to an activating group) is 1. The SMILES string of the molecule is CCC(C)C(NC(=O)C1CCCCN1CCCCCCNC(=O)OCc1ccc(NC(=O)C(C)NC(=O)C(NC(=O)CCCCCN2C(=O)C=CC2=O)C(C)C)cc1)C(=O)N(C)C(CC(OC(C)=O)c1nc(C(=O)NC(Cc2ccccc2)CC(C)C(=O)O)cs1)C(C)C. The van der Waals surface area contributed by atoms with Crippen LogP contribution in [0.5, 0.6) is 0 Å². The lowest BCUT2D eigenvalue weighted by molar-refractivity contribution is -0.149. The zero-order chi connectivity index (χ0) is 69.0. The number of anilines is 1. The number of carboxylic acids is 1. The maximum absolute atomic E-state index is 14.7. The Labute approximate surface area is 557 Å². The summed E-state index contributed by atoms with van der Waals surface area (Å²) >= 11 is 1.15. The highest BCUT2D eigenvalue weighted by molar-refractivity contribution is 7.09. The summed E-state index contributed by atoms with van der Waals surface area (Å²) in [6.45, 7) is 18.0. The lowest BCUT2D eigenvalue weighted by atomic mass is 9.92. The van der Waals surface area contributed by atoms with Crippen molar-refractivity contribution in [2.24, 2.45) is 23.7 Å². The van der Waals surface area contributed by atoms with E-state index < -0.39 is 84.0 Å². The van der Waals surface area contributed by atoms with E-state index >= 15 is 0 Å². The number of imide groups is 1. The van der Waals surface area contributed by atoms with E-state index in [1.807, 2.05) is 58.0 Å². The van der Waals surface area contributed by atoms with Crippen molar-refractivity contribution < 1.29 is 67.3 Å². The molecule has 94 heavy (non-hydrogen) atoms. The third kappa shape index (κ3) is 25.0. The number of esters is 1. The van der Waals surface area contributed by atoms with Gasteiger partial charge in [-0.3, -0.25) is 57.7 Å². The molecular formula is C69H100N10O14S. The van der Waals surface area contributed by atoms with Gasteiger partial charge in [-0.2, -0.15) is 0 Å². The molecule has 2 aliphatic rings. The van der Waals surface area contributed by atoms with Crippen molar-refractivity contribution in [2.45, 2.75) is 208 Å². The molecule has 0 aliphatic carbocycles. The molecule has 9 unspecified atom stereocenters. The van der Waals surface area contributed by atoms with Crippen LogP contribution in [0.1, 0.15) is 185 Å². The number of piperidine rings is 1. The highest BCUT2D eigenvalue weighted by Crippen LogP contribution is 2.32. The average molecular weight is 1330 g/mol. The fraction of sp³-hybridized carbons (Fsp3) is 0.594. The Morgan fingerprint density at radius 1 is 0.745 bits per heavy atom. The van der Waals surface area contributed by atoms with Crippen LogP contribution in [-0.4, -0.2) is 160 Å². The summed E-state index contributed by atoms with van der Waals surface area (Å²) in [5.41, 5.74) is 2.18. The Balaban J connectivity index is 1.02. The number of hydrogen-bond acceptors (Lipinski definition) is 16. The van der Waals surface area contributed by atoms with Gasteiger partial charge in [-0.25, -0.2) is 9.78 Å². The van der Waals surface area contributed by atoms with Gasteiger partial charge in [-0.1, -0.05) is 123 Å². The maximum Gasteiger partial charge on any atom is 0.407 e. The number of carbonyl (C=O) groups is 11. The summed E-state index contributed by atoms with van der Waals surface area (Å²) < 4.78 is 11.3. The molecule has 3 heterocycles. The molecule has 0 bridgehead atoms. The Morgan fingerprint density at radius 3 is 2.06 bits per heavy atom. The van der Waals surface area contributed by atoms with Gasteiger partial charge in [-0.15, -0.1) is 11.3 Å². The molecule has 0 saturated carbocycles. The minimum absolute atomic E-state index is 0.00555. The number of thiazole rings is 1. The Kier molecular flexibility index (Phi) is 31.8. The molecule has 516 valence electrons. The van der Waals surface area contributed by atoms with Crippen LogP contribution >= 0.6 is 11.3 Å². The number of likely N-dealkylation sites (tertiary alicyclic amines) is 1. The van der Waals surface area contributed by atoms with E-state index in [2.05, 4.69) is 41.8 Å². The van der Waals surface area contributed by atoms with Crippen LogP contribution in [0.2, 0.25) is 0 Å². The average Bonchev–Trinajstić information content (AvgIpc) is 1.37. The molecule has 5 rings (SSSR count). The number of amides is 9. The first kappa shape index (κ1) is 76.7. The normalized spacial score (nSPS) is 16.6. The van der Waals surface area contributed by atoms with E-state index in [0.717, 1.165) is 60.4 Å². The van der Waals surface area contributed by atoms with E-state index in [-0.39, 0.29) is 85.4 Å². The number of nitrogens with one attached hydrogen (secondary N) is 6. The number of hydrogen-bond donors (Lipinski definition) is 7. The molecule has 7 N–H and O–H groups in total. The maximum atomic E-state index is 14.7. The number of benzene rings is 2. The lowest BCUT2D eigenvalue weighted by Gasteiger charge is -2.39. The number of alkyl carbamates (subject to hydrolysis) is 1. The van der Waals surface area contributed by atoms with Gasteiger partial charge in [0.05, 0.1) is 12.0 Å². The first-order valence-electron chi connectivity index (χ1n) is 33.2. The van der Waals surface area contributed by atoms with Gasteiger partial charge in [0, 0.05) is 75.2 Å². The molecule has 1 saturated heterocycles. The third-order valence-corrected chi connectivity index (χ3v) is 18.2. The zero-order valence-electron chi connectivity index (χ0n) is 56.4. The van der Waals surface area contributed by atoms with Crippen molar-refractivity contribution in [2.75, 3.05) is 38.5 Å². The number of ether oxygens (including phenoxy) is 2. The van der Waals surface area contributed by atoms with Crippen LogP contribution in [-0.2, 0) is 65.7 Å². The van der Waals surface area contributed by atoms with E-state index in [4.69, 9.17) is 9.47 Å². The number of rotatable bonds is 39. The molecule has 2 aliphatic heterocycles. The van der Waals surface area contributed by atoms with E-state index in [1.54, 1.807) is 62.4 Å². The molecular weight excluding hydrogens is 1220 g/mol. The van der Waals surface area contributed by atoms with Crippen molar-refractivity contribution >= 4 is 82.3 Å². The first-order valence-corrected chi connectivity index (χ1v) is 34.1. The summed E-state index contributed by atoms with van der Waals surface area (Å²) in [6.07, 6.45) is 9.93. The van der Waals surface area contributed by atoms with E-state index in [0.29, 0.717) is 74.3 Å². The summed E-state index contributed by atoms with van der Waals surface area (Å²) in [5, 5.41) is 28.8. The Bertz CT molecular complexity index is 3030. The van der Waals surface area contributed by atoms with Crippen LogP contribution in [0.3, 0.4) is 0 Å². The number of unbranched alkanes of at least 4 members (excludes halogenated alkanes) is 5. The summed E-state index contributed by atoms with van der Waals surface area (Å²) in [4.78, 5) is 152. The highest BCUT2D eigenvalue weighted by Gasteiger charge is 2.38. The van der Waals surface area contributed by atoms with E-state index in [1.165, 1.54) is 26.0 Å². The van der Waals surface area contributed by atoms with Crippen molar-refractivity contribution in [3.63, 3.8) is 0 Å². The van der Waals surface area contributed by atoms with Gasteiger partial charge >= 0.3 is 18.0 Å². The predicted octanol–water partition coefficient (Wildman–Crippen LogP) is 8.01. The van der Waals surface area contributed by atoms with Crippen LogP contribution in [0.25, 0.3) is 0 Å².